The number of thioether (sulfide) groups is 1. The van der Waals surface area contributed by atoms with Gasteiger partial charge in [-0.2, -0.15) is 0 Å². The molecule has 1 aromatic heterocycles. The highest BCUT2D eigenvalue weighted by molar-refractivity contribution is 8.00. The molecule has 1 fully saturated rings. The Morgan fingerprint density at radius 1 is 1.04 bits per heavy atom. The Hall–Kier alpha value is -1.83. The Morgan fingerprint density at radius 3 is 2.46 bits per heavy atom. The van der Waals surface area contributed by atoms with Crippen molar-refractivity contribution in [1.29, 1.82) is 0 Å². The van der Waals surface area contributed by atoms with E-state index < -0.39 is 11.8 Å². The second kappa shape index (κ2) is 9.21. The molecule has 138 valence electrons. The fourth-order valence-corrected chi connectivity index (χ4v) is 4.73. The smallest absolute Gasteiger partial charge is 0.309 e. The second-order valence-electron chi connectivity index (χ2n) is 6.16. The van der Waals surface area contributed by atoms with Crippen LogP contribution in [0.5, 0.6) is 0 Å². The van der Waals surface area contributed by atoms with E-state index in [0.717, 1.165) is 22.6 Å². The molecule has 0 atom stereocenters. The molecule has 0 spiro atoms. The molecule has 0 aliphatic carbocycles. The number of nitrogens with one attached hydrogen (secondary N) is 2. The molecular formula is C19H22N2O3S2. The van der Waals surface area contributed by atoms with Crippen molar-refractivity contribution in [2.75, 3.05) is 19.8 Å². The third-order valence-corrected chi connectivity index (χ3v) is 6.63. The van der Waals surface area contributed by atoms with Crippen molar-refractivity contribution in [1.82, 2.24) is 10.6 Å². The van der Waals surface area contributed by atoms with Crippen molar-refractivity contribution in [3.63, 3.8) is 0 Å². The molecule has 1 saturated heterocycles. The van der Waals surface area contributed by atoms with Crippen molar-refractivity contribution in [3.8, 4) is 0 Å². The predicted molar refractivity (Wildman–Crippen MR) is 104 cm³/mol. The Balaban J connectivity index is 1.55. The summed E-state index contributed by atoms with van der Waals surface area (Å²) in [5.41, 5.74) is 0. The number of carbonyl (C=O) groups is 2. The number of rotatable bonds is 6. The molecule has 1 aromatic carbocycles. The first-order valence-corrected chi connectivity index (χ1v) is 10.3. The lowest BCUT2D eigenvalue weighted by atomic mass is 9.99. The summed E-state index contributed by atoms with van der Waals surface area (Å²) in [4.78, 5) is 26.4. The molecule has 7 heteroatoms. The monoisotopic (exact) mass is 390 g/mol. The number of benzene rings is 1. The minimum absolute atomic E-state index is 0.150. The van der Waals surface area contributed by atoms with Crippen LogP contribution in [0, 0.1) is 0 Å². The number of amides is 2. The predicted octanol–water partition coefficient (Wildman–Crippen LogP) is 2.82. The van der Waals surface area contributed by atoms with E-state index in [9.17, 15) is 9.59 Å². The average Bonchev–Trinajstić information content (AvgIpc) is 3.19. The molecule has 0 radical (unpaired) electrons. The first-order valence-electron chi connectivity index (χ1n) is 8.57. The highest BCUT2D eigenvalue weighted by Gasteiger charge is 2.34. The van der Waals surface area contributed by atoms with Gasteiger partial charge in [0.15, 0.2) is 0 Å². The van der Waals surface area contributed by atoms with E-state index in [0.29, 0.717) is 26.3 Å². The van der Waals surface area contributed by atoms with E-state index in [1.54, 1.807) is 23.1 Å². The first-order chi connectivity index (χ1) is 12.7. The molecular weight excluding hydrogens is 368 g/mol. The zero-order valence-electron chi connectivity index (χ0n) is 14.4. The molecule has 2 aromatic rings. The van der Waals surface area contributed by atoms with Gasteiger partial charge in [-0.25, -0.2) is 0 Å². The normalized spacial score (nSPS) is 16.0. The standard InChI is InChI=1S/C19H22N2O3S2/c22-17(20-13-16-7-4-12-25-16)18(23)21-14-19(8-10-24-11-9-19)26-15-5-2-1-3-6-15/h1-7,12H,8-11,13-14H2,(H,20,22)(H,21,23). The molecule has 2 amide bonds. The Morgan fingerprint density at radius 2 is 1.77 bits per heavy atom. The van der Waals surface area contributed by atoms with Crippen LogP contribution in [0.4, 0.5) is 0 Å². The summed E-state index contributed by atoms with van der Waals surface area (Å²) in [7, 11) is 0. The molecule has 2 heterocycles. The summed E-state index contributed by atoms with van der Waals surface area (Å²) in [6.45, 7) is 2.16. The summed E-state index contributed by atoms with van der Waals surface area (Å²) in [5, 5.41) is 7.42. The lowest BCUT2D eigenvalue weighted by molar-refractivity contribution is -0.139. The zero-order valence-corrected chi connectivity index (χ0v) is 16.0. The summed E-state index contributed by atoms with van der Waals surface area (Å²) in [5.74, 6) is -1.17. The topological polar surface area (TPSA) is 67.4 Å². The van der Waals surface area contributed by atoms with Crippen molar-refractivity contribution in [3.05, 3.63) is 52.7 Å². The van der Waals surface area contributed by atoms with E-state index in [-0.39, 0.29) is 4.75 Å². The first kappa shape index (κ1) is 18.9. The van der Waals surface area contributed by atoms with Gasteiger partial charge in [-0.3, -0.25) is 9.59 Å². The van der Waals surface area contributed by atoms with Gasteiger partial charge in [0, 0.05) is 34.3 Å². The van der Waals surface area contributed by atoms with Gasteiger partial charge in [-0.15, -0.1) is 23.1 Å². The number of hydrogen-bond donors (Lipinski definition) is 2. The molecule has 3 rings (SSSR count). The molecule has 1 aliphatic heterocycles. The van der Waals surface area contributed by atoms with Crippen LogP contribution < -0.4 is 10.6 Å². The lowest BCUT2D eigenvalue weighted by Gasteiger charge is -2.36. The van der Waals surface area contributed by atoms with Crippen LogP contribution in [-0.4, -0.2) is 36.3 Å². The SMILES string of the molecule is O=C(NCc1cccs1)C(=O)NCC1(Sc2ccccc2)CCOCC1. The van der Waals surface area contributed by atoms with Crippen LogP contribution >= 0.6 is 23.1 Å². The molecule has 1 aliphatic rings. The van der Waals surface area contributed by atoms with E-state index in [1.165, 1.54) is 0 Å². The maximum atomic E-state index is 12.2. The molecule has 5 nitrogen and oxygen atoms in total. The van der Waals surface area contributed by atoms with Crippen molar-refractivity contribution in [2.24, 2.45) is 0 Å². The zero-order chi connectivity index (χ0) is 18.2. The van der Waals surface area contributed by atoms with Gasteiger partial charge in [0.05, 0.1) is 6.54 Å². The van der Waals surface area contributed by atoms with Crippen LogP contribution in [-0.2, 0) is 20.9 Å². The number of hydrogen-bond acceptors (Lipinski definition) is 5. The minimum Gasteiger partial charge on any atom is -0.381 e. The summed E-state index contributed by atoms with van der Waals surface area (Å²) < 4.78 is 5.34. The fraction of sp³-hybridized carbons (Fsp3) is 0.368. The van der Waals surface area contributed by atoms with E-state index >= 15 is 0 Å². The Bertz CT molecular complexity index is 714. The van der Waals surface area contributed by atoms with Crippen molar-refractivity contribution >= 4 is 34.9 Å². The Kier molecular flexibility index (Phi) is 6.71. The van der Waals surface area contributed by atoms with Gasteiger partial charge < -0.3 is 15.4 Å². The van der Waals surface area contributed by atoms with Crippen LogP contribution in [0.2, 0.25) is 0 Å². The quantitative estimate of drug-likeness (QED) is 0.745. The largest absolute Gasteiger partial charge is 0.381 e. The van der Waals surface area contributed by atoms with Gasteiger partial charge >= 0.3 is 11.8 Å². The lowest BCUT2D eigenvalue weighted by Crippen LogP contribution is -2.48. The van der Waals surface area contributed by atoms with Gasteiger partial charge in [-0.05, 0) is 36.4 Å². The highest BCUT2D eigenvalue weighted by atomic mass is 32.2. The van der Waals surface area contributed by atoms with E-state index in [2.05, 4.69) is 22.8 Å². The van der Waals surface area contributed by atoms with Gasteiger partial charge in [0.2, 0.25) is 0 Å². The van der Waals surface area contributed by atoms with E-state index in [4.69, 9.17) is 4.74 Å². The maximum Gasteiger partial charge on any atom is 0.309 e. The fourth-order valence-electron chi connectivity index (χ4n) is 2.78. The molecule has 26 heavy (non-hydrogen) atoms. The molecule has 2 N–H and O–H groups in total. The van der Waals surface area contributed by atoms with Crippen molar-refractivity contribution < 1.29 is 14.3 Å². The second-order valence-corrected chi connectivity index (χ2v) is 8.73. The summed E-state index contributed by atoms with van der Waals surface area (Å²) in [6, 6.07) is 14.0. The van der Waals surface area contributed by atoms with Crippen LogP contribution in [0.1, 0.15) is 17.7 Å². The molecule has 0 saturated carbocycles. The number of ether oxygens (including phenoxy) is 1. The van der Waals surface area contributed by atoms with Crippen LogP contribution in [0.25, 0.3) is 0 Å². The van der Waals surface area contributed by atoms with Crippen LogP contribution in [0.15, 0.2) is 52.7 Å². The average molecular weight is 391 g/mol. The number of carbonyl (C=O) groups excluding carboxylic acids is 2. The summed E-state index contributed by atoms with van der Waals surface area (Å²) in [6.07, 6.45) is 1.67. The Labute approximate surface area is 161 Å². The minimum atomic E-state index is -0.592. The summed E-state index contributed by atoms with van der Waals surface area (Å²) >= 11 is 3.30. The van der Waals surface area contributed by atoms with Gasteiger partial charge in [0.25, 0.3) is 0 Å². The molecule has 0 bridgehead atoms. The van der Waals surface area contributed by atoms with Crippen molar-refractivity contribution in [2.45, 2.75) is 29.0 Å². The van der Waals surface area contributed by atoms with Gasteiger partial charge in [-0.1, -0.05) is 24.3 Å². The highest BCUT2D eigenvalue weighted by Crippen LogP contribution is 2.40. The maximum absolute atomic E-state index is 12.2. The number of thiophene rings is 1. The molecule has 0 unspecified atom stereocenters. The third-order valence-electron chi connectivity index (χ3n) is 4.26. The van der Waals surface area contributed by atoms with Gasteiger partial charge in [0.1, 0.15) is 0 Å². The third kappa shape index (κ3) is 5.33. The van der Waals surface area contributed by atoms with Crippen LogP contribution in [0.3, 0.4) is 0 Å². The van der Waals surface area contributed by atoms with E-state index in [1.807, 2.05) is 35.7 Å².